The maximum Gasteiger partial charge on any atom is 0.229 e. The highest BCUT2D eigenvalue weighted by Gasteiger charge is 2.31. The van der Waals surface area contributed by atoms with Gasteiger partial charge in [0.1, 0.15) is 5.82 Å². The van der Waals surface area contributed by atoms with Crippen molar-refractivity contribution in [1.82, 2.24) is 9.78 Å². The van der Waals surface area contributed by atoms with Gasteiger partial charge in [0, 0.05) is 6.07 Å². The molecule has 3 aromatic rings. The van der Waals surface area contributed by atoms with Crippen molar-refractivity contribution in [2.45, 2.75) is 25.8 Å². The molecule has 0 bridgehead atoms. The fourth-order valence-electron chi connectivity index (χ4n) is 3.66. The highest BCUT2D eigenvalue weighted by Crippen LogP contribution is 2.27. The van der Waals surface area contributed by atoms with Gasteiger partial charge in [0.2, 0.25) is 5.91 Å². The second-order valence-electron chi connectivity index (χ2n) is 7.04. The molecule has 1 aliphatic rings. The molecule has 1 N–H and O–H groups in total. The molecule has 6 nitrogen and oxygen atoms in total. The van der Waals surface area contributed by atoms with Crippen molar-refractivity contribution in [3.63, 3.8) is 0 Å². The number of hydrogen-bond acceptors (Lipinski definition) is 4. The van der Waals surface area contributed by atoms with E-state index in [0.717, 1.165) is 22.0 Å². The number of rotatable bonds is 4. The summed E-state index contributed by atoms with van der Waals surface area (Å²) in [4.78, 5) is 12.7. The summed E-state index contributed by atoms with van der Waals surface area (Å²) in [5.41, 5.74) is 1.71. The van der Waals surface area contributed by atoms with Crippen molar-refractivity contribution in [2.24, 2.45) is 0 Å². The highest BCUT2D eigenvalue weighted by atomic mass is 32.2. The number of carbonyl (C=O) groups excluding carboxylic acids is 1. The van der Waals surface area contributed by atoms with E-state index >= 15 is 0 Å². The summed E-state index contributed by atoms with van der Waals surface area (Å²) in [6, 6.07) is 15.5. The van der Waals surface area contributed by atoms with Crippen molar-refractivity contribution in [2.75, 3.05) is 16.8 Å². The fourth-order valence-corrected chi connectivity index (χ4v) is 5.36. The zero-order valence-electron chi connectivity index (χ0n) is 15.1. The molecular weight excluding hydrogens is 362 g/mol. The van der Waals surface area contributed by atoms with Gasteiger partial charge in [-0.05, 0) is 29.7 Å². The fraction of sp³-hybridized carbons (Fsp3) is 0.300. The van der Waals surface area contributed by atoms with E-state index in [1.807, 2.05) is 49.4 Å². The number of aromatic nitrogens is 2. The topological polar surface area (TPSA) is 81.1 Å². The van der Waals surface area contributed by atoms with E-state index in [-0.39, 0.29) is 29.9 Å². The van der Waals surface area contributed by atoms with Gasteiger partial charge in [-0.3, -0.25) is 4.79 Å². The second kappa shape index (κ2) is 6.81. The quantitative estimate of drug-likeness (QED) is 0.751. The molecule has 140 valence electrons. The Labute approximate surface area is 158 Å². The summed E-state index contributed by atoms with van der Waals surface area (Å²) < 4.78 is 25.2. The second-order valence-corrected chi connectivity index (χ2v) is 9.26. The molecule has 1 fully saturated rings. The summed E-state index contributed by atoms with van der Waals surface area (Å²) in [6.45, 7) is 1.83. The maximum absolute atomic E-state index is 12.7. The Balaban J connectivity index is 1.55. The predicted molar refractivity (Wildman–Crippen MR) is 106 cm³/mol. The van der Waals surface area contributed by atoms with E-state index in [4.69, 9.17) is 0 Å². The van der Waals surface area contributed by atoms with Crippen LogP contribution in [-0.4, -0.2) is 35.6 Å². The number of nitrogens with one attached hydrogen (secondary N) is 1. The smallest absolute Gasteiger partial charge is 0.229 e. The first-order chi connectivity index (χ1) is 12.9. The van der Waals surface area contributed by atoms with E-state index in [2.05, 4.69) is 10.4 Å². The number of anilines is 1. The van der Waals surface area contributed by atoms with Crippen LogP contribution in [0.4, 0.5) is 5.82 Å². The van der Waals surface area contributed by atoms with Gasteiger partial charge in [0.05, 0.1) is 29.7 Å². The van der Waals surface area contributed by atoms with Gasteiger partial charge in [-0.2, -0.15) is 5.10 Å². The van der Waals surface area contributed by atoms with Crippen LogP contribution in [0.2, 0.25) is 0 Å². The molecule has 2 aromatic carbocycles. The SMILES string of the molecule is Cc1cc(NC(=O)Cc2cccc3ccccc23)n([C@H]2CCS(=O)(=O)C2)n1. The summed E-state index contributed by atoms with van der Waals surface area (Å²) in [5.74, 6) is 0.647. The normalized spacial score (nSPS) is 18.6. The lowest BCUT2D eigenvalue weighted by Crippen LogP contribution is -2.20. The van der Waals surface area contributed by atoms with Crippen LogP contribution in [0.25, 0.3) is 10.8 Å². The summed E-state index contributed by atoms with van der Waals surface area (Å²) in [5, 5.41) is 9.48. The summed E-state index contributed by atoms with van der Waals surface area (Å²) >= 11 is 0. The standard InChI is InChI=1S/C20H21N3O3S/c1-14-11-19(23(22-14)17-9-10-27(25,26)13-17)21-20(24)12-16-7-4-6-15-5-2-3-8-18(15)16/h2-8,11,17H,9-10,12-13H2,1H3,(H,21,24)/t17-/m0/s1. The Bertz CT molecular complexity index is 1110. The molecule has 0 unspecified atom stereocenters. The average molecular weight is 383 g/mol. The third kappa shape index (κ3) is 3.73. The zero-order chi connectivity index (χ0) is 19.0. The van der Waals surface area contributed by atoms with E-state index in [9.17, 15) is 13.2 Å². The lowest BCUT2D eigenvalue weighted by Gasteiger charge is -2.14. The Morgan fingerprint density at radius 3 is 2.78 bits per heavy atom. The van der Waals surface area contributed by atoms with Crippen LogP contribution in [0.3, 0.4) is 0 Å². The molecule has 0 spiro atoms. The zero-order valence-corrected chi connectivity index (χ0v) is 15.9. The van der Waals surface area contributed by atoms with E-state index in [1.54, 1.807) is 10.7 Å². The number of hydrogen-bond donors (Lipinski definition) is 1. The van der Waals surface area contributed by atoms with Crippen molar-refractivity contribution >= 4 is 32.3 Å². The number of fused-ring (bicyclic) bond motifs is 1. The predicted octanol–water partition coefficient (Wildman–Crippen LogP) is 2.89. The van der Waals surface area contributed by atoms with Crippen LogP contribution in [0.5, 0.6) is 0 Å². The van der Waals surface area contributed by atoms with E-state index < -0.39 is 9.84 Å². The van der Waals surface area contributed by atoms with Gasteiger partial charge in [0.25, 0.3) is 0 Å². The third-order valence-corrected chi connectivity index (χ3v) is 6.66. The maximum atomic E-state index is 12.7. The first-order valence-electron chi connectivity index (χ1n) is 8.94. The van der Waals surface area contributed by atoms with Gasteiger partial charge in [-0.15, -0.1) is 0 Å². The molecule has 1 aromatic heterocycles. The molecule has 1 saturated heterocycles. The lowest BCUT2D eigenvalue weighted by molar-refractivity contribution is -0.115. The number of aryl methyl sites for hydroxylation is 1. The van der Waals surface area contributed by atoms with Crippen LogP contribution in [-0.2, 0) is 21.1 Å². The van der Waals surface area contributed by atoms with E-state index in [1.165, 1.54) is 0 Å². The van der Waals surface area contributed by atoms with Crippen LogP contribution >= 0.6 is 0 Å². The van der Waals surface area contributed by atoms with Crippen molar-refractivity contribution in [3.05, 3.63) is 59.8 Å². The third-order valence-electron chi connectivity index (χ3n) is 4.91. The van der Waals surface area contributed by atoms with Crippen molar-refractivity contribution in [3.8, 4) is 0 Å². The minimum atomic E-state index is -3.03. The Kier molecular flexibility index (Phi) is 4.47. The molecule has 0 saturated carbocycles. The molecular formula is C20H21N3O3S. The average Bonchev–Trinajstić information content (AvgIpc) is 3.17. The van der Waals surface area contributed by atoms with Gasteiger partial charge in [-0.25, -0.2) is 13.1 Å². The van der Waals surface area contributed by atoms with Gasteiger partial charge in [-0.1, -0.05) is 42.5 Å². The molecule has 7 heteroatoms. The molecule has 4 rings (SSSR count). The Hall–Kier alpha value is -2.67. The van der Waals surface area contributed by atoms with Gasteiger partial charge in [0.15, 0.2) is 9.84 Å². The van der Waals surface area contributed by atoms with Gasteiger partial charge >= 0.3 is 0 Å². The molecule has 0 radical (unpaired) electrons. The number of amides is 1. The van der Waals surface area contributed by atoms with Crippen LogP contribution in [0.15, 0.2) is 48.5 Å². The molecule has 27 heavy (non-hydrogen) atoms. The van der Waals surface area contributed by atoms with Crippen LogP contribution < -0.4 is 5.32 Å². The number of benzene rings is 2. The number of nitrogens with zero attached hydrogens (tertiary/aromatic N) is 2. The number of carbonyl (C=O) groups is 1. The van der Waals surface area contributed by atoms with Crippen molar-refractivity contribution in [1.29, 1.82) is 0 Å². The molecule has 1 amide bonds. The van der Waals surface area contributed by atoms with E-state index in [0.29, 0.717) is 12.2 Å². The monoisotopic (exact) mass is 383 g/mol. The summed E-state index contributed by atoms with van der Waals surface area (Å²) in [6.07, 6.45) is 0.768. The molecule has 2 heterocycles. The minimum absolute atomic E-state index is 0.0698. The largest absolute Gasteiger partial charge is 0.311 e. The lowest BCUT2D eigenvalue weighted by atomic mass is 10.0. The minimum Gasteiger partial charge on any atom is -0.311 e. The van der Waals surface area contributed by atoms with Gasteiger partial charge < -0.3 is 5.32 Å². The molecule has 1 atom stereocenters. The van der Waals surface area contributed by atoms with Crippen LogP contribution in [0.1, 0.15) is 23.7 Å². The van der Waals surface area contributed by atoms with Crippen LogP contribution in [0, 0.1) is 6.92 Å². The highest BCUT2D eigenvalue weighted by molar-refractivity contribution is 7.91. The first-order valence-corrected chi connectivity index (χ1v) is 10.8. The Morgan fingerprint density at radius 1 is 1.22 bits per heavy atom. The summed E-state index contributed by atoms with van der Waals surface area (Å²) in [7, 11) is -3.03. The van der Waals surface area contributed by atoms with Crippen molar-refractivity contribution < 1.29 is 13.2 Å². The first kappa shape index (κ1) is 17.7. The molecule has 1 aliphatic heterocycles. The Morgan fingerprint density at radius 2 is 2.00 bits per heavy atom. The number of sulfone groups is 1. The molecule has 0 aliphatic carbocycles.